The van der Waals surface area contributed by atoms with Gasteiger partial charge in [0.05, 0.1) is 18.9 Å². The molecule has 2 heterocycles. The number of methoxy groups -OCH3 is 1. The van der Waals surface area contributed by atoms with Gasteiger partial charge in [-0.05, 0) is 36.1 Å². The number of hydrogen-bond donors (Lipinski definition) is 2. The van der Waals surface area contributed by atoms with Crippen LogP contribution in [0.5, 0.6) is 5.75 Å². The van der Waals surface area contributed by atoms with Gasteiger partial charge in [-0.2, -0.15) is 11.8 Å². The van der Waals surface area contributed by atoms with E-state index >= 15 is 0 Å². The molecule has 26 heavy (non-hydrogen) atoms. The van der Waals surface area contributed by atoms with E-state index in [1.807, 2.05) is 6.26 Å². The zero-order valence-electron chi connectivity index (χ0n) is 14.9. The Morgan fingerprint density at radius 2 is 1.96 bits per heavy atom. The van der Waals surface area contributed by atoms with E-state index in [-0.39, 0.29) is 17.6 Å². The lowest BCUT2D eigenvalue weighted by Gasteiger charge is -2.32. The summed E-state index contributed by atoms with van der Waals surface area (Å²) < 4.78 is 5.03. The Hall–Kier alpha value is -2.06. The number of hydrogen-bond acceptors (Lipinski definition) is 7. The summed E-state index contributed by atoms with van der Waals surface area (Å²) in [6.07, 6.45) is 2.30. The van der Waals surface area contributed by atoms with Gasteiger partial charge < -0.3 is 9.84 Å². The van der Waals surface area contributed by atoms with E-state index in [0.29, 0.717) is 12.2 Å². The number of esters is 1. The van der Waals surface area contributed by atoms with Crippen molar-refractivity contribution in [2.24, 2.45) is 11.8 Å². The van der Waals surface area contributed by atoms with Crippen LogP contribution < -0.4 is 5.32 Å². The molecular formula is C18H22N2O5S. The summed E-state index contributed by atoms with van der Waals surface area (Å²) in [4.78, 5) is 39.5. The number of thioether (sulfide) groups is 1. The second kappa shape index (κ2) is 6.92. The number of benzene rings is 1. The lowest BCUT2D eigenvalue weighted by atomic mass is 9.78. The number of amides is 2. The molecule has 0 bridgehead atoms. The van der Waals surface area contributed by atoms with Gasteiger partial charge in [0.2, 0.25) is 11.8 Å². The van der Waals surface area contributed by atoms with E-state index < -0.39 is 29.4 Å². The van der Waals surface area contributed by atoms with Crippen molar-refractivity contribution in [3.05, 3.63) is 29.8 Å². The molecule has 3 rings (SSSR count). The number of phenolic OH excluding ortho intramolecular Hbond substituents is 1. The van der Waals surface area contributed by atoms with Crippen molar-refractivity contribution in [2.45, 2.75) is 18.0 Å². The van der Waals surface area contributed by atoms with Gasteiger partial charge in [0.15, 0.2) is 0 Å². The summed E-state index contributed by atoms with van der Waals surface area (Å²) >= 11 is 1.56. The van der Waals surface area contributed by atoms with Crippen molar-refractivity contribution >= 4 is 29.5 Å². The van der Waals surface area contributed by atoms with Crippen molar-refractivity contribution in [2.75, 3.05) is 26.2 Å². The number of likely N-dealkylation sites (tertiary alicyclic amines) is 1. The second-order valence-electron chi connectivity index (χ2n) is 6.66. The van der Waals surface area contributed by atoms with Gasteiger partial charge in [0.1, 0.15) is 11.3 Å². The predicted octanol–water partition coefficient (Wildman–Crippen LogP) is 0.932. The number of carbonyl (C=O) groups excluding carboxylic acids is 3. The Bertz CT molecular complexity index is 738. The Morgan fingerprint density at radius 3 is 2.54 bits per heavy atom. The molecule has 2 fully saturated rings. The van der Waals surface area contributed by atoms with Crippen LogP contribution in [0.4, 0.5) is 0 Å². The van der Waals surface area contributed by atoms with E-state index in [0.717, 1.165) is 10.5 Å². The molecule has 0 aromatic heterocycles. The van der Waals surface area contributed by atoms with Crippen molar-refractivity contribution in [1.82, 2.24) is 10.2 Å². The molecule has 0 saturated carbocycles. The molecule has 4 atom stereocenters. The number of carbonyl (C=O) groups is 3. The standard InChI is InChI=1S/C18H22N2O5S/c1-20-15(22)12-13(16(20)23)18(8-9-26-3,17(24)25-2)19-14(12)10-4-6-11(21)7-5-10/h4-7,12-14,19,21H,8-9H2,1-3H3/t12-,13+,14+,18+/m0/s1. The summed E-state index contributed by atoms with van der Waals surface area (Å²) in [5.41, 5.74) is -0.508. The summed E-state index contributed by atoms with van der Waals surface area (Å²) in [6, 6.07) is 5.93. The normalized spacial score (nSPS) is 30.6. The Labute approximate surface area is 156 Å². The quantitative estimate of drug-likeness (QED) is 0.581. The molecule has 2 aliphatic heterocycles. The largest absolute Gasteiger partial charge is 0.508 e. The molecule has 7 nitrogen and oxygen atoms in total. The van der Waals surface area contributed by atoms with Crippen molar-refractivity contribution in [3.8, 4) is 5.75 Å². The summed E-state index contributed by atoms with van der Waals surface area (Å²) in [7, 11) is 2.74. The van der Waals surface area contributed by atoms with Gasteiger partial charge >= 0.3 is 5.97 Å². The van der Waals surface area contributed by atoms with E-state index in [1.165, 1.54) is 26.3 Å². The molecule has 2 N–H and O–H groups in total. The highest BCUT2D eigenvalue weighted by Crippen LogP contribution is 2.50. The van der Waals surface area contributed by atoms with Gasteiger partial charge in [0, 0.05) is 13.1 Å². The number of imide groups is 1. The zero-order valence-corrected chi connectivity index (χ0v) is 15.7. The summed E-state index contributed by atoms with van der Waals surface area (Å²) in [6.45, 7) is 0. The number of rotatable bonds is 5. The smallest absolute Gasteiger partial charge is 0.326 e. The first kappa shape index (κ1) is 18.7. The average molecular weight is 378 g/mol. The van der Waals surface area contributed by atoms with E-state index in [4.69, 9.17) is 4.74 Å². The minimum absolute atomic E-state index is 0.107. The molecule has 2 aliphatic rings. The van der Waals surface area contributed by atoms with Crippen molar-refractivity contribution in [3.63, 3.8) is 0 Å². The SMILES string of the molecule is COC(=O)[C@]1(CCSC)N[C@H](c2ccc(O)cc2)[C@H]2C(=O)N(C)C(=O)[C@@H]21. The van der Waals surface area contributed by atoms with Gasteiger partial charge in [-0.15, -0.1) is 0 Å². The van der Waals surface area contributed by atoms with E-state index in [9.17, 15) is 19.5 Å². The maximum Gasteiger partial charge on any atom is 0.326 e. The predicted molar refractivity (Wildman–Crippen MR) is 96.5 cm³/mol. The first-order valence-electron chi connectivity index (χ1n) is 8.32. The minimum Gasteiger partial charge on any atom is -0.508 e. The van der Waals surface area contributed by atoms with Gasteiger partial charge in [0.25, 0.3) is 0 Å². The number of phenols is 1. The van der Waals surface area contributed by atoms with Crippen LogP contribution in [0.15, 0.2) is 24.3 Å². The third-order valence-electron chi connectivity index (χ3n) is 5.38. The maximum atomic E-state index is 12.8. The third kappa shape index (κ3) is 2.68. The van der Waals surface area contributed by atoms with Crippen LogP contribution in [0.1, 0.15) is 18.0 Å². The van der Waals surface area contributed by atoms with Crippen LogP contribution >= 0.6 is 11.8 Å². The van der Waals surface area contributed by atoms with Crippen LogP contribution in [0, 0.1) is 11.8 Å². The van der Waals surface area contributed by atoms with E-state index in [2.05, 4.69) is 5.32 Å². The highest BCUT2D eigenvalue weighted by molar-refractivity contribution is 7.98. The highest BCUT2D eigenvalue weighted by atomic mass is 32.2. The molecule has 0 spiro atoms. The molecular weight excluding hydrogens is 356 g/mol. The molecule has 140 valence electrons. The third-order valence-corrected chi connectivity index (χ3v) is 5.99. The molecule has 0 aliphatic carbocycles. The lowest BCUT2D eigenvalue weighted by Crippen LogP contribution is -2.56. The highest BCUT2D eigenvalue weighted by Gasteiger charge is 2.67. The first-order chi connectivity index (χ1) is 12.4. The number of fused-ring (bicyclic) bond motifs is 1. The Balaban J connectivity index is 2.11. The van der Waals surface area contributed by atoms with E-state index in [1.54, 1.807) is 23.9 Å². The minimum atomic E-state index is -1.25. The fraction of sp³-hybridized carbons (Fsp3) is 0.500. The van der Waals surface area contributed by atoms with Gasteiger partial charge in [-0.25, -0.2) is 0 Å². The molecule has 0 radical (unpaired) electrons. The molecule has 8 heteroatoms. The van der Waals surface area contributed by atoms with Crippen LogP contribution in [0.2, 0.25) is 0 Å². The molecule has 1 aromatic rings. The average Bonchev–Trinajstić information content (AvgIpc) is 3.10. The van der Waals surface area contributed by atoms with Crippen LogP contribution in [-0.2, 0) is 19.1 Å². The Morgan fingerprint density at radius 1 is 1.31 bits per heavy atom. The maximum absolute atomic E-state index is 12.8. The monoisotopic (exact) mass is 378 g/mol. The van der Waals surface area contributed by atoms with Gasteiger partial charge in [-0.3, -0.25) is 24.6 Å². The summed E-state index contributed by atoms with van der Waals surface area (Å²) in [5.74, 6) is -1.94. The summed E-state index contributed by atoms with van der Waals surface area (Å²) in [5, 5.41) is 12.8. The first-order valence-corrected chi connectivity index (χ1v) is 9.72. The number of nitrogens with zero attached hydrogens (tertiary/aromatic N) is 1. The number of ether oxygens (including phenoxy) is 1. The molecule has 0 unspecified atom stereocenters. The van der Waals surface area contributed by atoms with Crippen LogP contribution in [-0.4, -0.2) is 59.5 Å². The van der Waals surface area contributed by atoms with Crippen molar-refractivity contribution in [1.29, 1.82) is 0 Å². The second-order valence-corrected chi connectivity index (χ2v) is 7.64. The van der Waals surface area contributed by atoms with Crippen LogP contribution in [0.3, 0.4) is 0 Å². The molecule has 2 saturated heterocycles. The Kier molecular flexibility index (Phi) is 4.98. The molecule has 2 amide bonds. The zero-order chi connectivity index (χ0) is 19.1. The number of aromatic hydroxyl groups is 1. The van der Waals surface area contributed by atoms with Crippen LogP contribution in [0.25, 0.3) is 0 Å². The van der Waals surface area contributed by atoms with Gasteiger partial charge in [-0.1, -0.05) is 12.1 Å². The fourth-order valence-electron chi connectivity index (χ4n) is 4.08. The fourth-order valence-corrected chi connectivity index (χ4v) is 4.61. The lowest BCUT2D eigenvalue weighted by molar-refractivity contribution is -0.154. The molecule has 1 aromatic carbocycles. The topological polar surface area (TPSA) is 95.9 Å². The van der Waals surface area contributed by atoms with Crippen molar-refractivity contribution < 1.29 is 24.2 Å². The number of nitrogens with one attached hydrogen (secondary N) is 1.